The summed E-state index contributed by atoms with van der Waals surface area (Å²) in [6.07, 6.45) is 9.60. The smallest absolute Gasteiger partial charge is 0.331 e. The van der Waals surface area contributed by atoms with Gasteiger partial charge in [0.25, 0.3) is 0 Å². The number of carboxylic acids is 1. The van der Waals surface area contributed by atoms with E-state index in [1.807, 2.05) is 13.8 Å². The molecule has 0 rings (SSSR count). The van der Waals surface area contributed by atoms with Crippen molar-refractivity contribution in [3.05, 3.63) is 22.8 Å². The highest BCUT2D eigenvalue weighted by atomic mass is 16.4. The zero-order valence-electron chi connectivity index (χ0n) is 11.7. The van der Waals surface area contributed by atoms with E-state index >= 15 is 0 Å². The van der Waals surface area contributed by atoms with E-state index in [9.17, 15) is 4.79 Å². The Morgan fingerprint density at radius 1 is 1.00 bits per heavy atom. The van der Waals surface area contributed by atoms with Crippen molar-refractivity contribution >= 4 is 5.97 Å². The number of hydrogen-bond acceptors (Lipinski definition) is 1. The normalized spacial score (nSPS) is 13.5. The third-order valence-electron chi connectivity index (χ3n) is 3.23. The molecule has 0 aliphatic rings. The fourth-order valence-corrected chi connectivity index (χ4v) is 1.68. The van der Waals surface area contributed by atoms with Gasteiger partial charge in [0.05, 0.1) is 0 Å². The summed E-state index contributed by atoms with van der Waals surface area (Å²) in [5, 5.41) is 8.88. The minimum Gasteiger partial charge on any atom is -0.478 e. The van der Waals surface area contributed by atoms with Crippen molar-refractivity contribution in [3.8, 4) is 0 Å². The van der Waals surface area contributed by atoms with Crippen LogP contribution in [0.2, 0.25) is 0 Å². The first-order chi connectivity index (χ1) is 8.00. The monoisotopic (exact) mass is 238 g/mol. The van der Waals surface area contributed by atoms with E-state index in [0.29, 0.717) is 5.57 Å². The molecule has 0 aromatic heterocycles. The lowest BCUT2D eigenvalue weighted by Gasteiger charge is -2.05. The third-order valence-corrected chi connectivity index (χ3v) is 3.23. The number of unbranched alkanes of at least 4 members (excludes halogenated alkanes) is 5. The molecule has 2 heteroatoms. The number of carbonyl (C=O) groups is 1. The van der Waals surface area contributed by atoms with Gasteiger partial charge < -0.3 is 5.11 Å². The van der Waals surface area contributed by atoms with Gasteiger partial charge in [-0.15, -0.1) is 0 Å². The Morgan fingerprint density at radius 3 is 2.12 bits per heavy atom. The molecule has 0 bridgehead atoms. The fraction of sp³-hybridized carbons (Fsp3) is 0.667. The van der Waals surface area contributed by atoms with E-state index in [-0.39, 0.29) is 0 Å². The average Bonchev–Trinajstić information content (AvgIpc) is 2.31. The lowest BCUT2D eigenvalue weighted by molar-refractivity contribution is -0.132. The summed E-state index contributed by atoms with van der Waals surface area (Å²) in [4.78, 5) is 10.8. The summed E-state index contributed by atoms with van der Waals surface area (Å²) in [5.74, 6) is -0.821. The molecule has 0 saturated heterocycles. The minimum atomic E-state index is -0.821. The number of carboxylic acid groups (broad SMARTS) is 1. The van der Waals surface area contributed by atoms with Gasteiger partial charge in [-0.1, -0.05) is 44.3 Å². The van der Waals surface area contributed by atoms with Crippen molar-refractivity contribution in [2.75, 3.05) is 0 Å². The van der Waals surface area contributed by atoms with Gasteiger partial charge in [0.2, 0.25) is 0 Å². The zero-order valence-corrected chi connectivity index (χ0v) is 11.7. The van der Waals surface area contributed by atoms with E-state index < -0.39 is 5.97 Å². The van der Waals surface area contributed by atoms with Crippen LogP contribution in [0.3, 0.4) is 0 Å². The van der Waals surface area contributed by atoms with E-state index in [0.717, 1.165) is 17.6 Å². The summed E-state index contributed by atoms with van der Waals surface area (Å²) in [5.41, 5.74) is 2.44. The van der Waals surface area contributed by atoms with Gasteiger partial charge >= 0.3 is 5.97 Å². The molecule has 0 aromatic rings. The van der Waals surface area contributed by atoms with Gasteiger partial charge in [-0.25, -0.2) is 4.79 Å². The van der Waals surface area contributed by atoms with Crippen molar-refractivity contribution in [3.63, 3.8) is 0 Å². The molecule has 2 nitrogen and oxygen atoms in total. The summed E-state index contributed by atoms with van der Waals surface area (Å²) < 4.78 is 0. The molecule has 0 saturated carbocycles. The van der Waals surface area contributed by atoms with Crippen LogP contribution in [0.25, 0.3) is 0 Å². The molecule has 98 valence electrons. The van der Waals surface area contributed by atoms with E-state index in [1.54, 1.807) is 6.92 Å². The maximum Gasteiger partial charge on any atom is 0.331 e. The predicted molar refractivity (Wildman–Crippen MR) is 73.1 cm³/mol. The second-order valence-electron chi connectivity index (χ2n) is 4.65. The van der Waals surface area contributed by atoms with Gasteiger partial charge in [0.15, 0.2) is 0 Å². The first-order valence-electron chi connectivity index (χ1n) is 6.58. The van der Waals surface area contributed by atoms with Crippen molar-refractivity contribution in [2.24, 2.45) is 0 Å². The maximum atomic E-state index is 10.8. The van der Waals surface area contributed by atoms with Gasteiger partial charge in [-0.3, -0.25) is 0 Å². The van der Waals surface area contributed by atoms with Crippen molar-refractivity contribution < 1.29 is 9.90 Å². The minimum absolute atomic E-state index is 0.449. The molecule has 0 spiro atoms. The van der Waals surface area contributed by atoms with Crippen LogP contribution >= 0.6 is 0 Å². The van der Waals surface area contributed by atoms with Crippen molar-refractivity contribution in [2.45, 2.75) is 66.2 Å². The van der Waals surface area contributed by atoms with E-state index in [4.69, 9.17) is 5.11 Å². The number of allylic oxidation sites excluding steroid dienone is 3. The highest BCUT2D eigenvalue weighted by molar-refractivity contribution is 5.87. The van der Waals surface area contributed by atoms with Gasteiger partial charge in [-0.05, 0) is 39.2 Å². The van der Waals surface area contributed by atoms with Crippen LogP contribution in [-0.4, -0.2) is 11.1 Å². The maximum absolute atomic E-state index is 10.8. The summed E-state index contributed by atoms with van der Waals surface area (Å²) in [7, 11) is 0. The number of aliphatic carboxylic acids is 1. The molecule has 0 aliphatic heterocycles. The molecule has 0 aromatic carbocycles. The molecule has 1 N–H and O–H groups in total. The molecule has 0 unspecified atom stereocenters. The number of hydrogen-bond donors (Lipinski definition) is 1. The van der Waals surface area contributed by atoms with Gasteiger partial charge in [0.1, 0.15) is 0 Å². The Hall–Kier alpha value is -1.05. The third kappa shape index (κ3) is 6.98. The second kappa shape index (κ2) is 9.03. The molecule has 17 heavy (non-hydrogen) atoms. The van der Waals surface area contributed by atoms with Crippen LogP contribution in [0.4, 0.5) is 0 Å². The molecule has 0 aliphatic carbocycles. The molecular formula is C15H26O2. The zero-order chi connectivity index (χ0) is 13.3. The second-order valence-corrected chi connectivity index (χ2v) is 4.65. The lowest BCUT2D eigenvalue weighted by Crippen LogP contribution is -2.00. The van der Waals surface area contributed by atoms with Crippen LogP contribution in [0, 0.1) is 0 Å². The highest BCUT2D eigenvalue weighted by Gasteiger charge is 2.05. The van der Waals surface area contributed by atoms with Crippen molar-refractivity contribution in [1.82, 2.24) is 0 Å². The Morgan fingerprint density at radius 2 is 1.59 bits per heavy atom. The van der Waals surface area contributed by atoms with E-state index in [1.165, 1.54) is 32.1 Å². The summed E-state index contributed by atoms with van der Waals surface area (Å²) in [6, 6.07) is 0. The quantitative estimate of drug-likeness (QED) is 0.377. The summed E-state index contributed by atoms with van der Waals surface area (Å²) >= 11 is 0. The lowest BCUT2D eigenvalue weighted by atomic mass is 10.0. The van der Waals surface area contributed by atoms with Gasteiger partial charge in [-0.2, -0.15) is 0 Å². The molecule has 0 heterocycles. The molecular weight excluding hydrogens is 212 g/mol. The summed E-state index contributed by atoms with van der Waals surface area (Å²) in [6.45, 7) is 7.75. The first kappa shape index (κ1) is 16.0. The van der Waals surface area contributed by atoms with E-state index in [2.05, 4.69) is 13.0 Å². The average molecular weight is 238 g/mol. The Kier molecular flexibility index (Phi) is 8.47. The van der Waals surface area contributed by atoms with Crippen LogP contribution in [-0.2, 0) is 4.79 Å². The standard InChI is InChI=1S/C15H26O2/c1-5-6-7-8-9-10-11-12(2)13(3)14(4)15(16)17/h11H,5-10H2,1-4H3,(H,16,17)/b12-11+,14-13+. The Labute approximate surface area is 105 Å². The fourth-order valence-electron chi connectivity index (χ4n) is 1.68. The van der Waals surface area contributed by atoms with Crippen LogP contribution in [0.5, 0.6) is 0 Å². The van der Waals surface area contributed by atoms with Crippen LogP contribution in [0.1, 0.15) is 66.2 Å². The van der Waals surface area contributed by atoms with Crippen molar-refractivity contribution in [1.29, 1.82) is 0 Å². The Bertz CT molecular complexity index is 298. The SMILES string of the molecule is CCCCCCC/C=C(C)/C(C)=C(\C)C(=O)O. The van der Waals surface area contributed by atoms with Crippen LogP contribution in [0.15, 0.2) is 22.8 Å². The topological polar surface area (TPSA) is 37.3 Å². The largest absolute Gasteiger partial charge is 0.478 e. The first-order valence-corrected chi connectivity index (χ1v) is 6.58. The predicted octanol–water partition coefficient (Wildman–Crippen LogP) is 4.71. The Balaban J connectivity index is 4.09. The molecule has 0 fully saturated rings. The molecule has 0 amide bonds. The number of rotatable bonds is 8. The highest BCUT2D eigenvalue weighted by Crippen LogP contribution is 2.16. The molecule has 0 atom stereocenters. The van der Waals surface area contributed by atoms with Gasteiger partial charge in [0, 0.05) is 5.57 Å². The van der Waals surface area contributed by atoms with Crippen LogP contribution < -0.4 is 0 Å². The molecule has 0 radical (unpaired) electrons.